The summed E-state index contributed by atoms with van der Waals surface area (Å²) in [5.41, 5.74) is 4.83. The lowest BCUT2D eigenvalue weighted by Crippen LogP contribution is -2.53. The third kappa shape index (κ3) is 4.29. The van der Waals surface area contributed by atoms with Gasteiger partial charge in [0.15, 0.2) is 0 Å². The number of hydrogen-bond acceptors (Lipinski definition) is 5. The minimum absolute atomic E-state index is 0.0444. The molecule has 0 amide bonds. The largest absolute Gasteiger partial charge is 0.508 e. The Bertz CT molecular complexity index is 1260. The highest BCUT2D eigenvalue weighted by atomic mass is 16.5. The second kappa shape index (κ2) is 8.83. The van der Waals surface area contributed by atoms with Crippen molar-refractivity contribution >= 4 is 11.1 Å². The molecule has 170 valence electrons. The summed E-state index contributed by atoms with van der Waals surface area (Å²) in [5, 5.41) is 19.8. The standard InChI is InChI=1S/C28H29NO4/c1-3-14-29-16-24(17-29)32-23-11-6-20(7-12-23)28-27(19-4-8-21(30)9-5-19)18(2)25-13-10-22(31)15-26(25)33-28/h4-13,15,24,28,30-31H,3,14,16-17H2,1-2H3/i1D3. The van der Waals surface area contributed by atoms with E-state index >= 15 is 0 Å². The van der Waals surface area contributed by atoms with E-state index in [2.05, 4.69) is 4.90 Å². The second-order valence-corrected chi connectivity index (χ2v) is 8.58. The van der Waals surface area contributed by atoms with Gasteiger partial charge in [0.25, 0.3) is 0 Å². The number of aromatic hydroxyl groups is 2. The van der Waals surface area contributed by atoms with Crippen molar-refractivity contribution in [2.45, 2.75) is 32.4 Å². The maximum Gasteiger partial charge on any atom is 0.150 e. The summed E-state index contributed by atoms with van der Waals surface area (Å²) in [5.74, 6) is 1.71. The lowest BCUT2D eigenvalue weighted by Gasteiger charge is -2.38. The van der Waals surface area contributed by atoms with Crippen LogP contribution in [0.15, 0.2) is 66.7 Å². The lowest BCUT2D eigenvalue weighted by molar-refractivity contribution is 0.0202. The van der Waals surface area contributed by atoms with Crippen LogP contribution < -0.4 is 9.47 Å². The third-order valence-electron chi connectivity index (χ3n) is 6.30. The van der Waals surface area contributed by atoms with Gasteiger partial charge in [-0.3, -0.25) is 4.90 Å². The summed E-state index contributed by atoms with van der Waals surface area (Å²) in [6.45, 7) is 2.14. The molecule has 0 aliphatic carbocycles. The predicted molar refractivity (Wildman–Crippen MR) is 130 cm³/mol. The molecule has 0 bridgehead atoms. The molecule has 1 fully saturated rings. The summed E-state index contributed by atoms with van der Waals surface area (Å²) >= 11 is 0. The predicted octanol–water partition coefficient (Wildman–Crippen LogP) is 5.64. The molecule has 0 saturated carbocycles. The van der Waals surface area contributed by atoms with Crippen LogP contribution in [0, 0.1) is 0 Å². The van der Waals surface area contributed by atoms with E-state index in [0.29, 0.717) is 12.3 Å². The summed E-state index contributed by atoms with van der Waals surface area (Å²) < 4.78 is 34.5. The second-order valence-electron chi connectivity index (χ2n) is 8.58. The van der Waals surface area contributed by atoms with Crippen LogP contribution in [0.25, 0.3) is 11.1 Å². The van der Waals surface area contributed by atoms with Crippen molar-refractivity contribution in [2.75, 3.05) is 19.6 Å². The normalized spacial score (nSPS) is 20.2. The number of allylic oxidation sites excluding steroid dienone is 1. The molecule has 2 aliphatic rings. The van der Waals surface area contributed by atoms with Gasteiger partial charge in [0, 0.05) is 34.4 Å². The van der Waals surface area contributed by atoms with Gasteiger partial charge >= 0.3 is 0 Å². The van der Waals surface area contributed by atoms with Crippen LogP contribution in [0.2, 0.25) is 0 Å². The van der Waals surface area contributed by atoms with Gasteiger partial charge in [0.2, 0.25) is 0 Å². The zero-order valence-corrected chi connectivity index (χ0v) is 18.5. The third-order valence-corrected chi connectivity index (χ3v) is 6.30. The number of benzene rings is 3. The first kappa shape index (κ1) is 18.0. The van der Waals surface area contributed by atoms with E-state index in [1.165, 1.54) is 0 Å². The molecule has 0 aromatic heterocycles. The van der Waals surface area contributed by atoms with E-state index < -0.39 is 13.0 Å². The number of ether oxygens (including phenoxy) is 2. The molecule has 2 N–H and O–H groups in total. The molecule has 2 aliphatic heterocycles. The minimum atomic E-state index is -1.89. The van der Waals surface area contributed by atoms with E-state index in [-0.39, 0.29) is 24.0 Å². The van der Waals surface area contributed by atoms with Crippen molar-refractivity contribution in [3.05, 3.63) is 83.4 Å². The molecule has 1 saturated heterocycles. The molecule has 5 heteroatoms. The summed E-state index contributed by atoms with van der Waals surface area (Å²) in [7, 11) is 0. The van der Waals surface area contributed by atoms with Gasteiger partial charge in [-0.1, -0.05) is 31.1 Å². The first-order valence-electron chi connectivity index (χ1n) is 12.7. The average Bonchev–Trinajstić information content (AvgIpc) is 2.81. The molecule has 1 atom stereocenters. The number of phenolic OH excluding ortho intramolecular Hbond substituents is 2. The van der Waals surface area contributed by atoms with Gasteiger partial charge < -0.3 is 19.7 Å². The zero-order chi connectivity index (χ0) is 25.4. The van der Waals surface area contributed by atoms with Crippen molar-refractivity contribution in [2.24, 2.45) is 0 Å². The van der Waals surface area contributed by atoms with E-state index in [1.807, 2.05) is 49.4 Å². The molecular weight excluding hydrogens is 414 g/mol. The molecule has 5 rings (SSSR count). The van der Waals surface area contributed by atoms with Gasteiger partial charge in [-0.25, -0.2) is 0 Å². The van der Waals surface area contributed by atoms with Crippen LogP contribution in [0.4, 0.5) is 0 Å². The van der Waals surface area contributed by atoms with Crippen LogP contribution in [0.5, 0.6) is 23.0 Å². The van der Waals surface area contributed by atoms with Gasteiger partial charge in [-0.05, 0) is 73.0 Å². The van der Waals surface area contributed by atoms with Crippen molar-refractivity contribution in [1.82, 2.24) is 4.90 Å². The quantitative estimate of drug-likeness (QED) is 0.513. The Kier molecular flexibility index (Phi) is 4.83. The Morgan fingerprint density at radius 2 is 1.73 bits per heavy atom. The van der Waals surface area contributed by atoms with Crippen molar-refractivity contribution in [3.8, 4) is 23.0 Å². The first-order valence-corrected chi connectivity index (χ1v) is 11.2. The smallest absolute Gasteiger partial charge is 0.150 e. The topological polar surface area (TPSA) is 62.2 Å². The fraction of sp³-hybridized carbons (Fsp3) is 0.286. The van der Waals surface area contributed by atoms with Gasteiger partial charge in [0.1, 0.15) is 35.2 Å². The van der Waals surface area contributed by atoms with E-state index in [9.17, 15) is 10.2 Å². The Balaban J connectivity index is 1.34. The number of likely N-dealkylation sites (tertiary alicyclic amines) is 1. The fourth-order valence-electron chi connectivity index (χ4n) is 4.54. The molecule has 0 spiro atoms. The Morgan fingerprint density at radius 3 is 2.45 bits per heavy atom. The minimum Gasteiger partial charge on any atom is -0.508 e. The number of rotatable bonds is 6. The first-order chi connectivity index (χ1) is 17.2. The van der Waals surface area contributed by atoms with Gasteiger partial charge in [0.05, 0.1) is 0 Å². The molecule has 0 radical (unpaired) electrons. The lowest BCUT2D eigenvalue weighted by atomic mass is 9.86. The van der Waals surface area contributed by atoms with Gasteiger partial charge in [-0.15, -0.1) is 0 Å². The van der Waals surface area contributed by atoms with Crippen LogP contribution in [0.1, 0.15) is 47.1 Å². The van der Waals surface area contributed by atoms with Crippen LogP contribution in [0.3, 0.4) is 0 Å². The molecular formula is C28H29NO4. The highest BCUT2D eigenvalue weighted by Gasteiger charge is 2.30. The SMILES string of the molecule is [2H]C([2H])([2H])CCN1CC(Oc2ccc(C3Oc4cc(O)ccc4C(C)=C3c3ccc(O)cc3)cc2)C1. The van der Waals surface area contributed by atoms with Crippen LogP contribution in [-0.2, 0) is 0 Å². The maximum absolute atomic E-state index is 10.0. The summed E-state index contributed by atoms with van der Waals surface area (Å²) in [6.07, 6.45) is -0.174. The number of nitrogens with zero attached hydrogens (tertiary/aromatic N) is 1. The molecule has 1 unspecified atom stereocenters. The molecule has 3 aromatic rings. The van der Waals surface area contributed by atoms with Gasteiger partial charge in [-0.2, -0.15) is 0 Å². The van der Waals surface area contributed by atoms with E-state index in [4.69, 9.17) is 13.6 Å². The highest BCUT2D eigenvalue weighted by molar-refractivity contribution is 5.95. The van der Waals surface area contributed by atoms with Crippen LogP contribution >= 0.6 is 0 Å². The number of phenols is 2. The molecule has 33 heavy (non-hydrogen) atoms. The van der Waals surface area contributed by atoms with Crippen molar-refractivity contribution in [3.63, 3.8) is 0 Å². The highest BCUT2D eigenvalue weighted by Crippen LogP contribution is 2.47. The monoisotopic (exact) mass is 446 g/mol. The Morgan fingerprint density at radius 1 is 1.00 bits per heavy atom. The van der Waals surface area contributed by atoms with Crippen molar-refractivity contribution < 1.29 is 23.8 Å². The Labute approximate surface area is 198 Å². The maximum atomic E-state index is 10.0. The van der Waals surface area contributed by atoms with Crippen LogP contribution in [-0.4, -0.2) is 40.9 Å². The number of fused-ring (bicyclic) bond motifs is 1. The zero-order valence-electron chi connectivity index (χ0n) is 21.5. The average molecular weight is 447 g/mol. The number of hydrogen-bond donors (Lipinski definition) is 2. The fourth-order valence-corrected chi connectivity index (χ4v) is 4.54. The van der Waals surface area contributed by atoms with Crippen molar-refractivity contribution in [1.29, 1.82) is 0 Å². The molecule has 5 nitrogen and oxygen atoms in total. The molecule has 2 heterocycles. The Hall–Kier alpha value is -3.44. The molecule has 3 aromatic carbocycles. The van der Waals surface area contributed by atoms with E-state index in [1.54, 1.807) is 24.3 Å². The summed E-state index contributed by atoms with van der Waals surface area (Å²) in [6, 6.07) is 20.0. The summed E-state index contributed by atoms with van der Waals surface area (Å²) in [4.78, 5) is 2.09. The van der Waals surface area contributed by atoms with E-state index in [0.717, 1.165) is 46.7 Å².